The van der Waals surface area contributed by atoms with Gasteiger partial charge in [0, 0.05) is 54.9 Å². The summed E-state index contributed by atoms with van der Waals surface area (Å²) in [5.74, 6) is -2.50. The van der Waals surface area contributed by atoms with Crippen LogP contribution >= 0.6 is 0 Å². The third-order valence-electron chi connectivity index (χ3n) is 0. The molecule has 0 spiro atoms. The van der Waals surface area contributed by atoms with Gasteiger partial charge in [0.15, 0.2) is 0 Å². The smallest absolute Gasteiger partial charge is 0 e. The molecule has 146 valence electrons. The first-order valence-electron chi connectivity index (χ1n) is 4.01. The van der Waals surface area contributed by atoms with Crippen molar-refractivity contribution in [3.05, 3.63) is 39.9 Å². The molecular formula is C12H12Mn2O12. The predicted octanol–water partition coefficient (Wildman–Crippen LogP) is 0.0426. The molecular weight excluding hydrogens is 446 g/mol. The average Bonchev–Trinajstić information content (AvgIpc) is 2.57. The van der Waals surface area contributed by atoms with E-state index in [9.17, 15) is 0 Å². The van der Waals surface area contributed by atoms with E-state index >= 15 is 0 Å². The van der Waals surface area contributed by atoms with Gasteiger partial charge in [-0.25, -0.2) is 0 Å². The summed E-state index contributed by atoms with van der Waals surface area (Å²) in [6.45, 7) is 30.2. The third-order valence-corrected chi connectivity index (χ3v) is 0. The SMILES string of the molecule is CC(=O)O.CC(=O)O.CC(=O)O.[C-]#[O+].[C-]#[O+].[C-]#[O+].[C-]#[O+].[C-]#[O+].[C-]#[O+].[Mn].[Mn]. The van der Waals surface area contributed by atoms with Crippen LogP contribution in [0, 0.1) is 39.9 Å². The van der Waals surface area contributed by atoms with Gasteiger partial charge in [0.2, 0.25) is 0 Å². The molecule has 0 aromatic rings. The summed E-state index contributed by atoms with van der Waals surface area (Å²) >= 11 is 0. The minimum absolute atomic E-state index is 0. The van der Waals surface area contributed by atoms with Crippen LogP contribution in [0.2, 0.25) is 0 Å². The van der Waals surface area contributed by atoms with Crippen LogP contribution in [0.25, 0.3) is 0 Å². The van der Waals surface area contributed by atoms with Crippen molar-refractivity contribution in [3.63, 3.8) is 0 Å². The molecule has 0 atom stereocenters. The van der Waals surface area contributed by atoms with E-state index in [1.165, 1.54) is 0 Å². The number of hydrogen-bond donors (Lipinski definition) is 3. The maximum Gasteiger partial charge on any atom is 0 e. The van der Waals surface area contributed by atoms with Crippen molar-refractivity contribution >= 4 is 17.9 Å². The van der Waals surface area contributed by atoms with E-state index in [-0.39, 0.29) is 34.1 Å². The molecule has 0 rings (SSSR count). The van der Waals surface area contributed by atoms with Crippen molar-refractivity contribution < 1.29 is 91.8 Å². The quantitative estimate of drug-likeness (QED) is 0.257. The molecule has 0 aromatic heterocycles. The molecule has 14 heteroatoms. The predicted molar refractivity (Wildman–Crippen MR) is 63.5 cm³/mol. The van der Waals surface area contributed by atoms with E-state index in [2.05, 4.69) is 39.9 Å². The van der Waals surface area contributed by atoms with E-state index in [1.807, 2.05) is 0 Å². The summed E-state index contributed by atoms with van der Waals surface area (Å²) in [5.41, 5.74) is 0. The normalized spacial score (nSPS) is 3.35. The zero-order valence-electron chi connectivity index (χ0n) is 13.3. The molecule has 0 amide bonds. The van der Waals surface area contributed by atoms with Gasteiger partial charge < -0.3 is 15.3 Å². The second-order valence-electron chi connectivity index (χ2n) is 1.56. The van der Waals surface area contributed by atoms with Gasteiger partial charge in [-0.3, -0.25) is 14.4 Å². The zero-order valence-corrected chi connectivity index (χ0v) is 15.6. The Hall–Kier alpha value is -2.11. The Morgan fingerprint density at radius 2 is 0.462 bits per heavy atom. The van der Waals surface area contributed by atoms with Crippen LogP contribution in [-0.4, -0.2) is 33.2 Å². The van der Waals surface area contributed by atoms with Gasteiger partial charge in [-0.05, 0) is 0 Å². The Labute approximate surface area is 170 Å². The molecule has 0 fully saturated rings. The number of aliphatic carboxylic acids is 3. The summed E-state index contributed by atoms with van der Waals surface area (Å²) in [6.07, 6.45) is 0. The minimum Gasteiger partial charge on any atom is 0 e. The van der Waals surface area contributed by atoms with Gasteiger partial charge in [-0.1, -0.05) is 0 Å². The van der Waals surface area contributed by atoms with E-state index < -0.39 is 17.9 Å². The second kappa shape index (κ2) is 231. The number of carboxylic acids is 3. The van der Waals surface area contributed by atoms with Crippen molar-refractivity contribution in [3.8, 4) is 0 Å². The monoisotopic (exact) mass is 458 g/mol. The minimum atomic E-state index is -0.833. The van der Waals surface area contributed by atoms with Crippen molar-refractivity contribution in [2.75, 3.05) is 0 Å². The molecule has 0 aromatic carbocycles. The third kappa shape index (κ3) is 2140. The number of carbonyl (C=O) groups is 3. The van der Waals surface area contributed by atoms with Crippen molar-refractivity contribution in [1.29, 1.82) is 0 Å². The Morgan fingerprint density at radius 3 is 0.462 bits per heavy atom. The summed E-state index contributed by atoms with van der Waals surface area (Å²) in [4.78, 5) is 27.0. The fourth-order valence-electron chi connectivity index (χ4n) is 0. The molecule has 3 N–H and O–H groups in total. The second-order valence-corrected chi connectivity index (χ2v) is 1.56. The van der Waals surface area contributed by atoms with Gasteiger partial charge in [-0.15, -0.1) is 0 Å². The molecule has 0 unspecified atom stereocenters. The van der Waals surface area contributed by atoms with Crippen LogP contribution in [0.5, 0.6) is 0 Å². The van der Waals surface area contributed by atoms with Gasteiger partial charge in [0.1, 0.15) is 0 Å². The van der Waals surface area contributed by atoms with Crippen LogP contribution in [0.1, 0.15) is 20.8 Å². The molecule has 0 aliphatic carbocycles. The fraction of sp³-hybridized carbons (Fsp3) is 0.250. The Bertz CT molecular complexity index is 279. The number of hydrogen-bond acceptors (Lipinski definition) is 3. The Morgan fingerprint density at radius 1 is 0.462 bits per heavy atom. The van der Waals surface area contributed by atoms with Gasteiger partial charge in [0.05, 0.1) is 0 Å². The molecule has 26 heavy (non-hydrogen) atoms. The molecule has 0 aliphatic heterocycles. The first-order valence-corrected chi connectivity index (χ1v) is 4.01. The average molecular weight is 458 g/mol. The molecule has 0 saturated carbocycles. The van der Waals surface area contributed by atoms with Crippen molar-refractivity contribution in [2.24, 2.45) is 0 Å². The summed E-state index contributed by atoms with van der Waals surface area (Å²) in [5, 5.41) is 22.2. The first kappa shape index (κ1) is 75.3. The number of rotatable bonds is 0. The van der Waals surface area contributed by atoms with Gasteiger partial charge in [-0.2, -0.15) is 0 Å². The van der Waals surface area contributed by atoms with Crippen LogP contribution in [-0.2, 0) is 76.4 Å². The van der Waals surface area contributed by atoms with Crippen molar-refractivity contribution in [1.82, 2.24) is 0 Å². The fourth-order valence-corrected chi connectivity index (χ4v) is 0. The Balaban J connectivity index is -0.0000000110. The number of carboxylic acid groups (broad SMARTS) is 3. The van der Waals surface area contributed by atoms with Crippen LogP contribution in [0.4, 0.5) is 0 Å². The van der Waals surface area contributed by atoms with E-state index in [0.717, 1.165) is 20.8 Å². The molecule has 12 nitrogen and oxygen atoms in total. The molecule has 2 radical (unpaired) electrons. The first-order chi connectivity index (χ1) is 11.2. The van der Waals surface area contributed by atoms with Crippen LogP contribution < -0.4 is 0 Å². The molecule has 0 aliphatic rings. The van der Waals surface area contributed by atoms with Crippen LogP contribution in [0.15, 0.2) is 0 Å². The van der Waals surface area contributed by atoms with E-state index in [1.54, 1.807) is 0 Å². The summed E-state index contributed by atoms with van der Waals surface area (Å²) in [7, 11) is 0. The van der Waals surface area contributed by atoms with E-state index in [4.69, 9.17) is 57.6 Å². The van der Waals surface area contributed by atoms with Gasteiger partial charge in [0.25, 0.3) is 17.9 Å². The molecule has 0 bridgehead atoms. The van der Waals surface area contributed by atoms with Gasteiger partial charge >= 0.3 is 67.8 Å². The Kier molecular flexibility index (Phi) is 670. The van der Waals surface area contributed by atoms with E-state index in [0.29, 0.717) is 0 Å². The standard InChI is InChI=1S/3C2H4O2.6CO.2Mn/c3*1-2(3)4;6*1-2;;/h3*1H3,(H,3,4);;;;;;;;. The van der Waals surface area contributed by atoms with Crippen LogP contribution in [0.3, 0.4) is 0 Å². The topological polar surface area (TPSA) is 231 Å². The summed E-state index contributed by atoms with van der Waals surface area (Å²) in [6, 6.07) is 0. The zero-order chi connectivity index (χ0) is 22.7. The largest absolute Gasteiger partial charge is 0 e. The maximum atomic E-state index is 9.00. The molecule has 0 saturated heterocycles. The van der Waals surface area contributed by atoms with Crippen molar-refractivity contribution in [2.45, 2.75) is 20.8 Å². The summed E-state index contributed by atoms with van der Waals surface area (Å²) < 4.78 is 45.0. The molecule has 0 heterocycles. The maximum absolute atomic E-state index is 9.00.